The van der Waals surface area contributed by atoms with E-state index in [2.05, 4.69) is 4.98 Å². The monoisotopic (exact) mass is 536 g/mol. The van der Waals surface area contributed by atoms with Crippen molar-refractivity contribution in [2.45, 2.75) is 57.8 Å². The van der Waals surface area contributed by atoms with Gasteiger partial charge in [0.25, 0.3) is 5.24 Å². The maximum absolute atomic E-state index is 12.8. The van der Waals surface area contributed by atoms with E-state index in [1.807, 2.05) is 61.5 Å². The molecule has 0 N–H and O–H groups in total. The summed E-state index contributed by atoms with van der Waals surface area (Å²) in [6.45, 7) is 7.70. The predicted octanol–water partition coefficient (Wildman–Crippen LogP) is 5.61. The fourth-order valence-electron chi connectivity index (χ4n) is 3.99. The van der Waals surface area contributed by atoms with Crippen molar-refractivity contribution >= 4 is 28.9 Å². The first-order valence-corrected chi connectivity index (χ1v) is 13.4. The summed E-state index contributed by atoms with van der Waals surface area (Å²) in [5, 5.41) is -0.844. The van der Waals surface area contributed by atoms with E-state index in [9.17, 15) is 14.4 Å². The van der Waals surface area contributed by atoms with Crippen LogP contribution in [0.5, 0.6) is 5.75 Å². The van der Waals surface area contributed by atoms with Crippen LogP contribution in [0.15, 0.2) is 59.0 Å². The molecule has 2 aromatic carbocycles. The van der Waals surface area contributed by atoms with E-state index in [0.717, 1.165) is 39.2 Å². The molecule has 1 unspecified atom stereocenters. The van der Waals surface area contributed by atoms with E-state index in [1.165, 1.54) is 0 Å². The minimum absolute atomic E-state index is 0.0184. The number of thioether (sulfide) groups is 1. The highest BCUT2D eigenvalue weighted by atomic mass is 32.2. The zero-order chi connectivity index (χ0) is 27.3. The van der Waals surface area contributed by atoms with Crippen LogP contribution in [0.25, 0.3) is 11.5 Å². The van der Waals surface area contributed by atoms with Crippen molar-refractivity contribution in [2.24, 2.45) is 0 Å². The molecular formula is C29H32N2O6S. The summed E-state index contributed by atoms with van der Waals surface area (Å²) in [6.07, 6.45) is 1.01. The summed E-state index contributed by atoms with van der Waals surface area (Å²) in [6, 6.07) is 17.3. The number of hydrogen-bond acceptors (Lipinski definition) is 8. The van der Waals surface area contributed by atoms with Gasteiger partial charge in [-0.2, -0.15) is 0 Å². The standard InChI is InChI=1S/C29H32N2O6S/c1-19-23(30-26(36-19)21-8-6-5-7-9-21)15-17-35-22-12-10-20(11-13-22)18-24-27(33)31(28(34)38-24)16-14-25(32)37-29(2,3)4/h5-13,24H,14-18H2,1-4H3. The van der Waals surface area contributed by atoms with Crippen LogP contribution in [0.1, 0.15) is 44.2 Å². The highest BCUT2D eigenvalue weighted by Gasteiger charge is 2.39. The number of ether oxygens (including phenoxy) is 2. The number of rotatable bonds is 10. The van der Waals surface area contributed by atoms with Gasteiger partial charge in [0.05, 0.1) is 24.0 Å². The molecule has 200 valence electrons. The normalized spacial score (nSPS) is 15.7. The molecule has 1 aliphatic rings. The van der Waals surface area contributed by atoms with Gasteiger partial charge in [-0.1, -0.05) is 42.1 Å². The molecule has 1 fully saturated rings. The first-order valence-electron chi connectivity index (χ1n) is 12.6. The molecule has 0 bridgehead atoms. The summed E-state index contributed by atoms with van der Waals surface area (Å²) < 4.78 is 17.0. The summed E-state index contributed by atoms with van der Waals surface area (Å²) in [4.78, 5) is 42.9. The van der Waals surface area contributed by atoms with Crippen LogP contribution in [0.3, 0.4) is 0 Å². The van der Waals surface area contributed by atoms with Gasteiger partial charge in [0.15, 0.2) is 0 Å². The van der Waals surface area contributed by atoms with E-state index < -0.39 is 16.8 Å². The molecule has 2 heterocycles. The number of carbonyl (C=O) groups excluding carboxylic acids is 3. The summed E-state index contributed by atoms with van der Waals surface area (Å²) in [7, 11) is 0. The van der Waals surface area contributed by atoms with E-state index in [0.29, 0.717) is 31.1 Å². The second kappa shape index (κ2) is 11.9. The Labute approximate surface area is 226 Å². The Hall–Kier alpha value is -3.59. The molecule has 1 aromatic heterocycles. The van der Waals surface area contributed by atoms with Crippen molar-refractivity contribution in [3.05, 3.63) is 71.6 Å². The van der Waals surface area contributed by atoms with Gasteiger partial charge in [-0.05, 0) is 63.9 Å². The van der Waals surface area contributed by atoms with Crippen molar-refractivity contribution in [3.8, 4) is 17.2 Å². The SMILES string of the molecule is Cc1oc(-c2ccccc2)nc1CCOc1ccc(CC2SC(=O)N(CCC(=O)OC(C)(C)C)C2=O)cc1. The number of aryl methyl sites for hydroxylation is 1. The molecule has 2 amide bonds. The number of hydrogen-bond donors (Lipinski definition) is 0. The van der Waals surface area contributed by atoms with Crippen LogP contribution in [0.2, 0.25) is 0 Å². The molecule has 0 saturated carbocycles. The molecule has 9 heteroatoms. The lowest BCUT2D eigenvalue weighted by Crippen LogP contribution is -2.35. The van der Waals surface area contributed by atoms with Gasteiger partial charge in [-0.15, -0.1) is 0 Å². The van der Waals surface area contributed by atoms with Gasteiger partial charge in [-0.25, -0.2) is 4.98 Å². The Kier molecular flexibility index (Phi) is 8.56. The number of carbonyl (C=O) groups is 3. The van der Waals surface area contributed by atoms with Crippen molar-refractivity contribution in [1.29, 1.82) is 0 Å². The maximum atomic E-state index is 12.8. The Balaban J connectivity index is 1.25. The molecular weight excluding hydrogens is 504 g/mol. The van der Waals surface area contributed by atoms with Crippen molar-refractivity contribution in [3.63, 3.8) is 0 Å². The topological polar surface area (TPSA) is 98.9 Å². The van der Waals surface area contributed by atoms with E-state index in [1.54, 1.807) is 20.8 Å². The average molecular weight is 537 g/mol. The lowest BCUT2D eigenvalue weighted by Gasteiger charge is -2.20. The molecule has 1 aliphatic heterocycles. The highest BCUT2D eigenvalue weighted by Crippen LogP contribution is 2.30. The second-order valence-electron chi connectivity index (χ2n) is 10.0. The maximum Gasteiger partial charge on any atom is 0.308 e. The molecule has 1 saturated heterocycles. The van der Waals surface area contributed by atoms with Gasteiger partial charge in [0, 0.05) is 18.5 Å². The van der Waals surface area contributed by atoms with Gasteiger partial charge in [0.2, 0.25) is 11.8 Å². The quantitative estimate of drug-likeness (QED) is 0.308. The zero-order valence-electron chi connectivity index (χ0n) is 22.1. The Morgan fingerprint density at radius 2 is 1.79 bits per heavy atom. The summed E-state index contributed by atoms with van der Waals surface area (Å²) in [5.41, 5.74) is 2.11. The Bertz CT molecular complexity index is 1280. The molecule has 4 rings (SSSR count). The molecule has 3 aromatic rings. The van der Waals surface area contributed by atoms with Crippen molar-refractivity contribution in [1.82, 2.24) is 9.88 Å². The smallest absolute Gasteiger partial charge is 0.308 e. The largest absolute Gasteiger partial charge is 0.493 e. The van der Waals surface area contributed by atoms with Gasteiger partial charge in [-0.3, -0.25) is 19.3 Å². The van der Waals surface area contributed by atoms with Crippen LogP contribution in [0.4, 0.5) is 4.79 Å². The van der Waals surface area contributed by atoms with Crippen LogP contribution in [-0.4, -0.2) is 51.0 Å². The Morgan fingerprint density at radius 3 is 2.47 bits per heavy atom. The number of esters is 1. The zero-order valence-corrected chi connectivity index (χ0v) is 22.9. The van der Waals surface area contributed by atoms with Crippen LogP contribution < -0.4 is 4.74 Å². The average Bonchev–Trinajstić information content (AvgIpc) is 3.36. The molecule has 1 atom stereocenters. The first kappa shape index (κ1) is 27.4. The van der Waals surface area contributed by atoms with Crippen LogP contribution >= 0.6 is 11.8 Å². The van der Waals surface area contributed by atoms with Crippen molar-refractivity contribution in [2.75, 3.05) is 13.2 Å². The number of benzene rings is 2. The molecule has 8 nitrogen and oxygen atoms in total. The molecule has 0 radical (unpaired) electrons. The van der Waals surface area contributed by atoms with Gasteiger partial charge in [0.1, 0.15) is 17.1 Å². The number of oxazole rings is 1. The Morgan fingerprint density at radius 1 is 1.08 bits per heavy atom. The number of aromatic nitrogens is 1. The summed E-state index contributed by atoms with van der Waals surface area (Å²) in [5.74, 6) is 1.37. The second-order valence-corrected chi connectivity index (χ2v) is 11.2. The third-order valence-corrected chi connectivity index (χ3v) is 6.90. The minimum atomic E-state index is -0.607. The van der Waals surface area contributed by atoms with E-state index >= 15 is 0 Å². The number of nitrogens with zero attached hydrogens (tertiary/aromatic N) is 2. The van der Waals surface area contributed by atoms with Crippen LogP contribution in [0, 0.1) is 6.92 Å². The highest BCUT2D eigenvalue weighted by molar-refractivity contribution is 8.15. The molecule has 0 spiro atoms. The van der Waals surface area contributed by atoms with E-state index in [-0.39, 0.29) is 24.1 Å². The minimum Gasteiger partial charge on any atom is -0.493 e. The van der Waals surface area contributed by atoms with E-state index in [4.69, 9.17) is 13.9 Å². The number of amides is 2. The fourth-order valence-corrected chi connectivity index (χ4v) is 5.05. The number of imide groups is 1. The predicted molar refractivity (Wildman–Crippen MR) is 145 cm³/mol. The lowest BCUT2D eigenvalue weighted by molar-refractivity contribution is -0.155. The molecule has 38 heavy (non-hydrogen) atoms. The third-order valence-electron chi connectivity index (χ3n) is 5.83. The fraction of sp³-hybridized carbons (Fsp3) is 0.379. The summed E-state index contributed by atoms with van der Waals surface area (Å²) >= 11 is 0.997. The molecule has 0 aliphatic carbocycles. The van der Waals surface area contributed by atoms with Gasteiger partial charge < -0.3 is 13.9 Å². The first-order chi connectivity index (χ1) is 18.1. The van der Waals surface area contributed by atoms with Crippen LogP contribution in [-0.2, 0) is 27.2 Å². The van der Waals surface area contributed by atoms with Crippen molar-refractivity contribution < 1.29 is 28.3 Å². The van der Waals surface area contributed by atoms with Gasteiger partial charge >= 0.3 is 5.97 Å². The lowest BCUT2D eigenvalue weighted by atomic mass is 10.1. The third kappa shape index (κ3) is 7.25.